The summed E-state index contributed by atoms with van der Waals surface area (Å²) < 4.78 is 12.8. The first-order chi connectivity index (χ1) is 11.5. The van der Waals surface area contributed by atoms with Crippen molar-refractivity contribution < 1.29 is 14.0 Å². The summed E-state index contributed by atoms with van der Waals surface area (Å²) in [5, 5.41) is 2.86. The zero-order valence-electron chi connectivity index (χ0n) is 13.2. The van der Waals surface area contributed by atoms with Crippen LogP contribution in [0.2, 0.25) is 0 Å². The molecular weight excluding hydrogens is 327 g/mol. The minimum atomic E-state index is -0.290. The molecule has 24 heavy (non-hydrogen) atoms. The number of carbonyl (C=O) groups is 2. The highest BCUT2D eigenvalue weighted by molar-refractivity contribution is 8.00. The van der Waals surface area contributed by atoms with Gasteiger partial charge in [0.05, 0.1) is 5.75 Å². The molecule has 0 saturated heterocycles. The van der Waals surface area contributed by atoms with Crippen molar-refractivity contribution in [2.45, 2.75) is 18.2 Å². The first-order valence-corrected chi connectivity index (χ1v) is 8.61. The molecule has 0 saturated carbocycles. The Bertz CT molecular complexity index is 777. The van der Waals surface area contributed by atoms with Crippen LogP contribution in [-0.4, -0.2) is 24.1 Å². The molecule has 0 aromatic heterocycles. The SMILES string of the molecule is CC(=O)N1CCc2cc(NC(=O)CSc3ccc(F)cc3)ccc21. The fourth-order valence-corrected chi connectivity index (χ4v) is 3.38. The predicted octanol–water partition coefficient (Wildman–Crippen LogP) is 3.47. The monoisotopic (exact) mass is 344 g/mol. The lowest BCUT2D eigenvalue weighted by Crippen LogP contribution is -2.25. The highest BCUT2D eigenvalue weighted by Crippen LogP contribution is 2.30. The second-order valence-corrected chi connectivity index (χ2v) is 6.60. The van der Waals surface area contributed by atoms with Gasteiger partial charge in [-0.15, -0.1) is 11.8 Å². The van der Waals surface area contributed by atoms with Crippen molar-refractivity contribution in [2.75, 3.05) is 22.5 Å². The minimum Gasteiger partial charge on any atom is -0.325 e. The molecule has 3 rings (SSSR count). The topological polar surface area (TPSA) is 49.4 Å². The molecule has 1 N–H and O–H groups in total. The van der Waals surface area contributed by atoms with Crippen molar-refractivity contribution in [2.24, 2.45) is 0 Å². The van der Waals surface area contributed by atoms with Gasteiger partial charge in [0.2, 0.25) is 11.8 Å². The van der Waals surface area contributed by atoms with Crippen LogP contribution in [0.15, 0.2) is 47.4 Å². The molecule has 2 aromatic rings. The highest BCUT2D eigenvalue weighted by atomic mass is 32.2. The van der Waals surface area contributed by atoms with Crippen molar-refractivity contribution in [1.82, 2.24) is 0 Å². The van der Waals surface area contributed by atoms with Gasteiger partial charge in [-0.05, 0) is 54.4 Å². The van der Waals surface area contributed by atoms with Gasteiger partial charge in [0.25, 0.3) is 0 Å². The van der Waals surface area contributed by atoms with Crippen LogP contribution in [-0.2, 0) is 16.0 Å². The molecule has 1 aliphatic heterocycles. The van der Waals surface area contributed by atoms with E-state index in [4.69, 9.17) is 0 Å². The third kappa shape index (κ3) is 3.76. The maximum atomic E-state index is 12.8. The van der Waals surface area contributed by atoms with Crippen LogP contribution < -0.4 is 10.2 Å². The van der Waals surface area contributed by atoms with E-state index in [1.807, 2.05) is 12.1 Å². The number of thioether (sulfide) groups is 1. The van der Waals surface area contributed by atoms with Gasteiger partial charge in [0, 0.05) is 29.7 Å². The number of benzene rings is 2. The van der Waals surface area contributed by atoms with Gasteiger partial charge in [-0.1, -0.05) is 0 Å². The zero-order chi connectivity index (χ0) is 17.1. The zero-order valence-corrected chi connectivity index (χ0v) is 14.0. The number of carbonyl (C=O) groups excluding carboxylic acids is 2. The quantitative estimate of drug-likeness (QED) is 0.864. The van der Waals surface area contributed by atoms with Crippen molar-refractivity contribution >= 4 is 35.0 Å². The number of fused-ring (bicyclic) bond motifs is 1. The van der Waals surface area contributed by atoms with E-state index in [1.165, 1.54) is 23.9 Å². The number of halogens is 1. The summed E-state index contributed by atoms with van der Waals surface area (Å²) in [6.45, 7) is 2.24. The van der Waals surface area contributed by atoms with E-state index in [9.17, 15) is 14.0 Å². The average molecular weight is 344 g/mol. The van der Waals surface area contributed by atoms with Gasteiger partial charge >= 0.3 is 0 Å². The third-order valence-corrected chi connectivity index (χ3v) is 4.83. The van der Waals surface area contributed by atoms with E-state index >= 15 is 0 Å². The smallest absolute Gasteiger partial charge is 0.234 e. The molecule has 0 spiro atoms. The Morgan fingerprint density at radius 3 is 2.67 bits per heavy atom. The van der Waals surface area contributed by atoms with Gasteiger partial charge in [0.1, 0.15) is 5.82 Å². The average Bonchev–Trinajstić information content (AvgIpc) is 2.97. The predicted molar refractivity (Wildman–Crippen MR) is 93.9 cm³/mol. The van der Waals surface area contributed by atoms with Crippen molar-refractivity contribution in [3.05, 3.63) is 53.8 Å². The van der Waals surface area contributed by atoms with E-state index in [0.29, 0.717) is 6.54 Å². The number of rotatable bonds is 4. The molecule has 124 valence electrons. The van der Waals surface area contributed by atoms with E-state index in [1.54, 1.807) is 30.0 Å². The molecule has 0 radical (unpaired) electrons. The molecule has 1 heterocycles. The Morgan fingerprint density at radius 1 is 1.21 bits per heavy atom. The molecule has 0 aliphatic carbocycles. The van der Waals surface area contributed by atoms with Crippen LogP contribution in [0.25, 0.3) is 0 Å². The second-order valence-electron chi connectivity index (χ2n) is 5.55. The van der Waals surface area contributed by atoms with Crippen LogP contribution in [0.3, 0.4) is 0 Å². The summed E-state index contributed by atoms with van der Waals surface area (Å²) in [5.41, 5.74) is 2.71. The lowest BCUT2D eigenvalue weighted by Gasteiger charge is -2.15. The number of nitrogens with one attached hydrogen (secondary N) is 1. The van der Waals surface area contributed by atoms with Gasteiger partial charge < -0.3 is 10.2 Å². The van der Waals surface area contributed by atoms with Gasteiger partial charge in [-0.3, -0.25) is 9.59 Å². The van der Waals surface area contributed by atoms with Crippen LogP contribution >= 0.6 is 11.8 Å². The fourth-order valence-electron chi connectivity index (χ4n) is 2.68. The molecule has 2 aromatic carbocycles. The van der Waals surface area contributed by atoms with Crippen LogP contribution in [0.4, 0.5) is 15.8 Å². The van der Waals surface area contributed by atoms with E-state index in [-0.39, 0.29) is 23.4 Å². The Kier molecular flexibility index (Phi) is 4.85. The number of hydrogen-bond acceptors (Lipinski definition) is 3. The highest BCUT2D eigenvalue weighted by Gasteiger charge is 2.22. The maximum absolute atomic E-state index is 12.8. The summed E-state index contributed by atoms with van der Waals surface area (Å²) in [7, 11) is 0. The summed E-state index contributed by atoms with van der Waals surface area (Å²) >= 11 is 1.35. The molecule has 1 aliphatic rings. The summed E-state index contributed by atoms with van der Waals surface area (Å²) in [6.07, 6.45) is 0.795. The molecule has 0 fully saturated rings. The molecular formula is C18H17FN2O2S. The number of anilines is 2. The van der Waals surface area contributed by atoms with E-state index < -0.39 is 0 Å². The maximum Gasteiger partial charge on any atom is 0.234 e. The first kappa shape index (κ1) is 16.5. The van der Waals surface area contributed by atoms with Crippen LogP contribution in [0, 0.1) is 5.82 Å². The van der Waals surface area contributed by atoms with Crippen LogP contribution in [0.1, 0.15) is 12.5 Å². The summed E-state index contributed by atoms with van der Waals surface area (Å²) in [4.78, 5) is 26.2. The molecule has 0 bridgehead atoms. The Balaban J connectivity index is 1.59. The van der Waals surface area contributed by atoms with Crippen molar-refractivity contribution in [1.29, 1.82) is 0 Å². The number of amides is 2. The standard InChI is InChI=1S/C18H17FN2O2S/c1-12(22)21-9-8-13-10-15(4-7-17(13)21)20-18(23)11-24-16-5-2-14(19)3-6-16/h2-7,10H,8-9,11H2,1H3,(H,20,23). The third-order valence-electron chi connectivity index (χ3n) is 3.82. The van der Waals surface area contributed by atoms with Gasteiger partial charge in [-0.2, -0.15) is 0 Å². The Morgan fingerprint density at radius 2 is 1.96 bits per heavy atom. The van der Waals surface area contributed by atoms with Gasteiger partial charge in [0.15, 0.2) is 0 Å². The van der Waals surface area contributed by atoms with Crippen LogP contribution in [0.5, 0.6) is 0 Å². The lowest BCUT2D eigenvalue weighted by atomic mass is 10.1. The lowest BCUT2D eigenvalue weighted by molar-refractivity contribution is -0.116. The Labute approximate surface area is 144 Å². The minimum absolute atomic E-state index is 0.0289. The fraction of sp³-hybridized carbons (Fsp3) is 0.222. The van der Waals surface area contributed by atoms with Gasteiger partial charge in [-0.25, -0.2) is 4.39 Å². The normalized spacial score (nSPS) is 12.8. The van der Waals surface area contributed by atoms with E-state index in [0.717, 1.165) is 28.3 Å². The summed E-state index contributed by atoms with van der Waals surface area (Å²) in [5.74, 6) is -0.129. The number of nitrogens with zero attached hydrogens (tertiary/aromatic N) is 1. The largest absolute Gasteiger partial charge is 0.325 e. The van der Waals surface area contributed by atoms with Crippen molar-refractivity contribution in [3.8, 4) is 0 Å². The second kappa shape index (κ2) is 7.05. The molecule has 0 unspecified atom stereocenters. The molecule has 0 atom stereocenters. The first-order valence-electron chi connectivity index (χ1n) is 7.62. The number of hydrogen-bond donors (Lipinski definition) is 1. The van der Waals surface area contributed by atoms with Crippen molar-refractivity contribution in [3.63, 3.8) is 0 Å². The molecule has 4 nitrogen and oxygen atoms in total. The van der Waals surface area contributed by atoms with E-state index in [2.05, 4.69) is 5.32 Å². The summed E-state index contributed by atoms with van der Waals surface area (Å²) in [6, 6.07) is 11.6. The molecule has 6 heteroatoms. The molecule has 2 amide bonds. The Hall–Kier alpha value is -2.34.